The highest BCUT2D eigenvalue weighted by Gasteiger charge is 2.14. The minimum Gasteiger partial charge on any atom is -0.314 e. The fourth-order valence-electron chi connectivity index (χ4n) is 3.24. The maximum absolute atomic E-state index is 4.04. The van der Waals surface area contributed by atoms with Crippen LogP contribution in [0.1, 0.15) is 25.3 Å². The van der Waals surface area contributed by atoms with Gasteiger partial charge in [-0.3, -0.25) is 0 Å². The van der Waals surface area contributed by atoms with Crippen LogP contribution in [-0.2, 0) is 0 Å². The molecule has 0 aromatic heterocycles. The zero-order valence-electron chi connectivity index (χ0n) is 16.2. The van der Waals surface area contributed by atoms with E-state index in [1.165, 1.54) is 22.4 Å². The van der Waals surface area contributed by atoms with E-state index in [1.54, 1.807) is 0 Å². The van der Waals surface area contributed by atoms with Gasteiger partial charge in [-0.05, 0) is 48.8 Å². The van der Waals surface area contributed by atoms with Gasteiger partial charge in [-0.2, -0.15) is 0 Å². The van der Waals surface area contributed by atoms with Crippen LogP contribution in [0.2, 0.25) is 0 Å². The maximum Gasteiger partial charge on any atom is 0.0458 e. The molecule has 0 unspecified atom stereocenters. The average Bonchev–Trinajstić information content (AvgIpc) is 2.98. The van der Waals surface area contributed by atoms with Gasteiger partial charge in [0.2, 0.25) is 0 Å². The third-order valence-corrected chi connectivity index (χ3v) is 4.65. The number of rotatable bonds is 6. The van der Waals surface area contributed by atoms with E-state index in [0.29, 0.717) is 0 Å². The fraction of sp³-hybridized carbons (Fsp3) is 0.154. The van der Waals surface area contributed by atoms with Crippen molar-refractivity contribution < 1.29 is 0 Å². The fourth-order valence-corrected chi connectivity index (χ4v) is 3.24. The minimum atomic E-state index is 0.890. The van der Waals surface area contributed by atoms with Crippen LogP contribution < -0.4 is 4.90 Å². The first-order valence-corrected chi connectivity index (χ1v) is 9.55. The second-order valence-corrected chi connectivity index (χ2v) is 6.66. The molecule has 27 heavy (non-hydrogen) atoms. The van der Waals surface area contributed by atoms with Gasteiger partial charge in [0.25, 0.3) is 0 Å². The smallest absolute Gasteiger partial charge is 0.0458 e. The summed E-state index contributed by atoms with van der Waals surface area (Å²) in [5, 5.41) is 0. The standard InChI is InChI=1S/C26H27N/c1-4-10-24(5-2)27(25-11-8-6-7-9-12-25)26-19-17-23(18-20-26)22-15-13-21(3)14-16-22/h5-11,13-20H,2,4,12H2,1,3H3/b24-10+. The largest absolute Gasteiger partial charge is 0.314 e. The Bertz CT molecular complexity index is 890. The lowest BCUT2D eigenvalue weighted by Crippen LogP contribution is -2.20. The van der Waals surface area contributed by atoms with Crippen LogP contribution in [0.25, 0.3) is 11.1 Å². The molecule has 0 saturated carbocycles. The molecule has 0 radical (unpaired) electrons. The first-order valence-electron chi connectivity index (χ1n) is 9.55. The normalized spacial score (nSPS) is 13.9. The van der Waals surface area contributed by atoms with E-state index in [1.807, 2.05) is 6.08 Å². The molecule has 0 saturated heterocycles. The van der Waals surface area contributed by atoms with Gasteiger partial charge in [-0.1, -0.05) is 85.8 Å². The number of aryl methyl sites for hydroxylation is 1. The number of hydrogen-bond acceptors (Lipinski definition) is 1. The predicted molar refractivity (Wildman–Crippen MR) is 119 cm³/mol. The molecule has 0 atom stereocenters. The molecule has 0 bridgehead atoms. The molecule has 0 heterocycles. The van der Waals surface area contributed by atoms with Crippen molar-refractivity contribution in [1.29, 1.82) is 0 Å². The third kappa shape index (κ3) is 4.57. The van der Waals surface area contributed by atoms with Crippen LogP contribution in [0, 0.1) is 6.92 Å². The van der Waals surface area contributed by atoms with E-state index in [9.17, 15) is 0 Å². The molecule has 1 aliphatic carbocycles. The topological polar surface area (TPSA) is 3.24 Å². The third-order valence-electron chi connectivity index (χ3n) is 4.65. The molecule has 0 N–H and O–H groups in total. The van der Waals surface area contributed by atoms with Crippen LogP contribution in [0.4, 0.5) is 5.69 Å². The Morgan fingerprint density at radius 2 is 1.63 bits per heavy atom. The molecule has 0 fully saturated rings. The molecule has 3 rings (SSSR count). The Labute approximate surface area is 163 Å². The van der Waals surface area contributed by atoms with Crippen molar-refractivity contribution in [2.24, 2.45) is 0 Å². The lowest BCUT2D eigenvalue weighted by atomic mass is 10.0. The number of anilines is 1. The van der Waals surface area contributed by atoms with E-state index >= 15 is 0 Å². The highest BCUT2D eigenvalue weighted by molar-refractivity contribution is 5.69. The number of allylic oxidation sites excluding steroid dienone is 7. The zero-order valence-corrected chi connectivity index (χ0v) is 16.2. The summed E-state index contributed by atoms with van der Waals surface area (Å²) < 4.78 is 0. The molecule has 0 aliphatic heterocycles. The summed E-state index contributed by atoms with van der Waals surface area (Å²) in [5.41, 5.74) is 7.26. The molecule has 136 valence electrons. The Kier molecular flexibility index (Phi) is 6.27. The molecular weight excluding hydrogens is 326 g/mol. The first-order chi connectivity index (χ1) is 13.2. The van der Waals surface area contributed by atoms with Crippen molar-refractivity contribution in [2.75, 3.05) is 4.90 Å². The quantitative estimate of drug-likeness (QED) is 0.491. The first kappa shape index (κ1) is 18.7. The summed E-state index contributed by atoms with van der Waals surface area (Å²) in [7, 11) is 0. The van der Waals surface area contributed by atoms with Gasteiger partial charge in [-0.15, -0.1) is 0 Å². The summed E-state index contributed by atoms with van der Waals surface area (Å²) >= 11 is 0. The molecule has 1 nitrogen and oxygen atoms in total. The van der Waals surface area contributed by atoms with Crippen molar-refractivity contribution in [3.05, 3.63) is 115 Å². The minimum absolute atomic E-state index is 0.890. The monoisotopic (exact) mass is 353 g/mol. The number of hydrogen-bond donors (Lipinski definition) is 0. The van der Waals surface area contributed by atoms with Gasteiger partial charge >= 0.3 is 0 Å². The molecule has 0 amide bonds. The van der Waals surface area contributed by atoms with Crippen molar-refractivity contribution in [3.63, 3.8) is 0 Å². The van der Waals surface area contributed by atoms with E-state index < -0.39 is 0 Å². The summed E-state index contributed by atoms with van der Waals surface area (Å²) in [6.45, 7) is 8.32. The SMILES string of the molecule is C=C/C(=C\CC)N(C1=CC=CC=CC1)c1ccc(-c2ccc(C)cc2)cc1. The molecule has 0 spiro atoms. The lowest BCUT2D eigenvalue weighted by Gasteiger charge is -2.28. The van der Waals surface area contributed by atoms with Crippen LogP contribution in [-0.4, -0.2) is 0 Å². The van der Waals surface area contributed by atoms with Crippen LogP contribution in [0.3, 0.4) is 0 Å². The van der Waals surface area contributed by atoms with E-state index in [2.05, 4.69) is 110 Å². The number of benzene rings is 2. The second-order valence-electron chi connectivity index (χ2n) is 6.66. The summed E-state index contributed by atoms with van der Waals surface area (Å²) in [4.78, 5) is 2.30. The van der Waals surface area contributed by atoms with Crippen LogP contribution >= 0.6 is 0 Å². The highest BCUT2D eigenvalue weighted by atomic mass is 15.2. The van der Waals surface area contributed by atoms with E-state index in [-0.39, 0.29) is 0 Å². The predicted octanol–water partition coefficient (Wildman–Crippen LogP) is 7.35. The lowest BCUT2D eigenvalue weighted by molar-refractivity contribution is 1.02. The van der Waals surface area contributed by atoms with E-state index in [4.69, 9.17) is 0 Å². The van der Waals surface area contributed by atoms with Gasteiger partial charge < -0.3 is 4.90 Å². The Morgan fingerprint density at radius 3 is 2.26 bits per heavy atom. The molecule has 2 aromatic carbocycles. The van der Waals surface area contributed by atoms with E-state index in [0.717, 1.165) is 24.2 Å². The van der Waals surface area contributed by atoms with Gasteiger partial charge in [0, 0.05) is 23.5 Å². The van der Waals surface area contributed by atoms with Gasteiger partial charge in [0.15, 0.2) is 0 Å². The van der Waals surface area contributed by atoms with Gasteiger partial charge in [0.05, 0.1) is 0 Å². The molecule has 2 aromatic rings. The van der Waals surface area contributed by atoms with Crippen molar-refractivity contribution in [2.45, 2.75) is 26.7 Å². The summed E-state index contributed by atoms with van der Waals surface area (Å²) in [6, 6.07) is 17.5. The summed E-state index contributed by atoms with van der Waals surface area (Å²) in [5.74, 6) is 0. The van der Waals surface area contributed by atoms with Crippen LogP contribution in [0.5, 0.6) is 0 Å². The molecular formula is C26H27N. The molecule has 1 aliphatic rings. The Balaban J connectivity index is 1.99. The average molecular weight is 354 g/mol. The highest BCUT2D eigenvalue weighted by Crippen LogP contribution is 2.30. The van der Waals surface area contributed by atoms with Crippen LogP contribution in [0.15, 0.2) is 109 Å². The van der Waals surface area contributed by atoms with Crippen molar-refractivity contribution in [3.8, 4) is 11.1 Å². The second kappa shape index (κ2) is 9.05. The zero-order chi connectivity index (χ0) is 19.1. The van der Waals surface area contributed by atoms with Gasteiger partial charge in [0.1, 0.15) is 0 Å². The van der Waals surface area contributed by atoms with Crippen molar-refractivity contribution in [1.82, 2.24) is 0 Å². The summed E-state index contributed by atoms with van der Waals surface area (Å²) in [6.07, 6.45) is 16.7. The molecule has 1 heteroatoms. The Hall–Kier alpha value is -3.06. The number of nitrogens with zero attached hydrogens (tertiary/aromatic N) is 1. The van der Waals surface area contributed by atoms with Crippen molar-refractivity contribution >= 4 is 5.69 Å². The van der Waals surface area contributed by atoms with Gasteiger partial charge in [-0.25, -0.2) is 0 Å². The maximum atomic E-state index is 4.04. The Morgan fingerprint density at radius 1 is 0.963 bits per heavy atom.